The summed E-state index contributed by atoms with van der Waals surface area (Å²) in [6, 6.07) is 0.446. The van der Waals surface area contributed by atoms with Gasteiger partial charge in [0.1, 0.15) is 0 Å². The summed E-state index contributed by atoms with van der Waals surface area (Å²) in [7, 11) is 1.98. The van der Waals surface area contributed by atoms with Crippen LogP contribution in [0.2, 0.25) is 0 Å². The van der Waals surface area contributed by atoms with Crippen molar-refractivity contribution in [3.8, 4) is 0 Å². The Morgan fingerprint density at radius 2 is 2.00 bits per heavy atom. The van der Waals surface area contributed by atoms with Crippen molar-refractivity contribution in [1.82, 2.24) is 10.2 Å². The van der Waals surface area contributed by atoms with E-state index in [2.05, 4.69) is 12.2 Å². The van der Waals surface area contributed by atoms with Crippen LogP contribution in [0.4, 0.5) is 0 Å². The van der Waals surface area contributed by atoms with Crippen molar-refractivity contribution in [1.29, 1.82) is 0 Å². The van der Waals surface area contributed by atoms with Crippen LogP contribution in [0, 0.1) is 5.41 Å². The fourth-order valence-electron chi connectivity index (χ4n) is 2.86. The lowest BCUT2D eigenvalue weighted by Crippen LogP contribution is -2.59. The van der Waals surface area contributed by atoms with Gasteiger partial charge in [0.15, 0.2) is 0 Å². The van der Waals surface area contributed by atoms with Crippen LogP contribution in [0.15, 0.2) is 0 Å². The van der Waals surface area contributed by atoms with Crippen molar-refractivity contribution in [2.75, 3.05) is 20.1 Å². The van der Waals surface area contributed by atoms with Gasteiger partial charge in [-0.2, -0.15) is 0 Å². The third-order valence-corrected chi connectivity index (χ3v) is 4.32. The summed E-state index contributed by atoms with van der Waals surface area (Å²) in [5.74, 6) is 0.397. The Kier molecular flexibility index (Phi) is 3.01. The molecule has 2 rings (SSSR count). The number of nitrogens with one attached hydrogen (secondary N) is 1. The Morgan fingerprint density at radius 1 is 1.40 bits per heavy atom. The molecule has 0 atom stereocenters. The maximum Gasteiger partial charge on any atom is 0.228 e. The molecule has 0 radical (unpaired) electrons. The molecular formula is C12H22N2O. The van der Waals surface area contributed by atoms with Crippen LogP contribution in [0.3, 0.4) is 0 Å². The summed E-state index contributed by atoms with van der Waals surface area (Å²) in [5, 5.41) is 3.22. The second-order valence-corrected chi connectivity index (χ2v) is 5.07. The highest BCUT2D eigenvalue weighted by molar-refractivity contribution is 5.83. The molecule has 1 saturated heterocycles. The largest absolute Gasteiger partial charge is 0.340 e. The maximum absolute atomic E-state index is 12.4. The van der Waals surface area contributed by atoms with E-state index in [-0.39, 0.29) is 5.41 Å². The number of carbonyl (C=O) groups excluding carboxylic acids is 1. The highest BCUT2D eigenvalue weighted by Gasteiger charge is 2.43. The van der Waals surface area contributed by atoms with Crippen LogP contribution < -0.4 is 5.32 Å². The van der Waals surface area contributed by atoms with Gasteiger partial charge in [0.25, 0.3) is 0 Å². The minimum atomic E-state index is -0.00958. The van der Waals surface area contributed by atoms with Gasteiger partial charge in [-0.1, -0.05) is 19.8 Å². The summed E-state index contributed by atoms with van der Waals surface area (Å²) >= 11 is 0. The van der Waals surface area contributed by atoms with Gasteiger partial charge >= 0.3 is 0 Å². The van der Waals surface area contributed by atoms with Gasteiger partial charge in [-0.05, 0) is 19.3 Å². The summed E-state index contributed by atoms with van der Waals surface area (Å²) in [4.78, 5) is 14.4. The van der Waals surface area contributed by atoms with Gasteiger partial charge < -0.3 is 10.2 Å². The highest BCUT2D eigenvalue weighted by atomic mass is 16.2. The van der Waals surface area contributed by atoms with Gasteiger partial charge in [-0.3, -0.25) is 4.79 Å². The van der Waals surface area contributed by atoms with E-state index < -0.39 is 0 Å². The molecule has 1 aliphatic heterocycles. The normalized spacial score (nSPS) is 24.9. The van der Waals surface area contributed by atoms with E-state index in [1.54, 1.807) is 0 Å². The van der Waals surface area contributed by atoms with Crippen molar-refractivity contribution in [3.05, 3.63) is 0 Å². The summed E-state index contributed by atoms with van der Waals surface area (Å²) in [6.45, 7) is 4.11. The van der Waals surface area contributed by atoms with E-state index in [1.807, 2.05) is 11.9 Å². The molecule has 1 saturated carbocycles. The van der Waals surface area contributed by atoms with Gasteiger partial charge in [0.05, 0.1) is 6.04 Å². The molecule has 1 heterocycles. The molecule has 15 heavy (non-hydrogen) atoms. The first kappa shape index (κ1) is 10.9. The molecule has 0 bridgehead atoms. The average molecular weight is 210 g/mol. The van der Waals surface area contributed by atoms with Crippen molar-refractivity contribution >= 4 is 5.91 Å². The second kappa shape index (κ2) is 4.12. The van der Waals surface area contributed by atoms with Crippen LogP contribution in [-0.4, -0.2) is 37.0 Å². The Morgan fingerprint density at radius 3 is 2.40 bits per heavy atom. The number of amides is 1. The van der Waals surface area contributed by atoms with Gasteiger partial charge in [0.2, 0.25) is 5.91 Å². The molecule has 3 nitrogen and oxygen atoms in total. The predicted molar refractivity (Wildman–Crippen MR) is 60.6 cm³/mol. The third-order valence-electron chi connectivity index (χ3n) is 4.32. The van der Waals surface area contributed by atoms with Gasteiger partial charge in [-0.15, -0.1) is 0 Å². The van der Waals surface area contributed by atoms with Crippen LogP contribution in [0.5, 0.6) is 0 Å². The van der Waals surface area contributed by atoms with E-state index in [9.17, 15) is 4.79 Å². The number of carbonyl (C=O) groups is 1. The fraction of sp³-hybridized carbons (Fsp3) is 0.917. The number of hydrogen-bond donors (Lipinski definition) is 1. The van der Waals surface area contributed by atoms with Crippen molar-refractivity contribution < 1.29 is 4.79 Å². The Labute approximate surface area is 92.2 Å². The number of hydrogen-bond acceptors (Lipinski definition) is 2. The van der Waals surface area contributed by atoms with E-state index in [1.165, 1.54) is 12.8 Å². The van der Waals surface area contributed by atoms with Crippen LogP contribution in [0.25, 0.3) is 0 Å². The molecule has 0 aromatic heterocycles. The third kappa shape index (κ3) is 1.78. The van der Waals surface area contributed by atoms with E-state index >= 15 is 0 Å². The van der Waals surface area contributed by atoms with E-state index in [0.717, 1.165) is 32.4 Å². The molecule has 2 aliphatic rings. The van der Waals surface area contributed by atoms with Gasteiger partial charge in [-0.25, -0.2) is 0 Å². The maximum atomic E-state index is 12.4. The zero-order valence-electron chi connectivity index (χ0n) is 9.88. The number of likely N-dealkylation sites (N-methyl/N-ethyl adjacent to an activating group) is 1. The first-order valence-electron chi connectivity index (χ1n) is 6.17. The minimum Gasteiger partial charge on any atom is -0.340 e. The Bertz CT molecular complexity index is 242. The smallest absolute Gasteiger partial charge is 0.228 e. The lowest BCUT2D eigenvalue weighted by atomic mass is 9.81. The summed E-state index contributed by atoms with van der Waals surface area (Å²) in [5.41, 5.74) is -0.00958. The molecule has 1 aliphatic carbocycles. The lowest BCUT2D eigenvalue weighted by molar-refractivity contribution is -0.144. The molecule has 1 N–H and O–H groups in total. The Balaban J connectivity index is 2.03. The number of rotatable bonds is 3. The number of nitrogens with zero attached hydrogens (tertiary/aromatic N) is 1. The summed E-state index contributed by atoms with van der Waals surface area (Å²) in [6.07, 6.45) is 5.68. The Hall–Kier alpha value is -0.570. The molecule has 0 spiro atoms. The highest BCUT2D eigenvalue weighted by Crippen LogP contribution is 2.42. The molecular weight excluding hydrogens is 188 g/mol. The molecule has 86 valence electrons. The van der Waals surface area contributed by atoms with Crippen molar-refractivity contribution in [3.63, 3.8) is 0 Å². The first-order valence-corrected chi connectivity index (χ1v) is 6.17. The average Bonchev–Trinajstić information content (AvgIpc) is 2.63. The zero-order chi connectivity index (χ0) is 10.9. The molecule has 0 unspecified atom stereocenters. The molecule has 2 fully saturated rings. The second-order valence-electron chi connectivity index (χ2n) is 5.07. The minimum absolute atomic E-state index is 0.00958. The fourth-order valence-corrected chi connectivity index (χ4v) is 2.86. The molecule has 0 aromatic rings. The monoisotopic (exact) mass is 210 g/mol. The summed E-state index contributed by atoms with van der Waals surface area (Å²) < 4.78 is 0. The zero-order valence-corrected chi connectivity index (χ0v) is 9.88. The molecule has 1 amide bonds. The lowest BCUT2D eigenvalue weighted by Gasteiger charge is -2.40. The van der Waals surface area contributed by atoms with Crippen molar-refractivity contribution in [2.24, 2.45) is 5.41 Å². The predicted octanol–water partition coefficient (Wildman–Crippen LogP) is 1.39. The van der Waals surface area contributed by atoms with Gasteiger partial charge in [0, 0.05) is 25.6 Å². The standard InChI is InChI=1S/C12H22N2O/c1-3-12(6-4-5-7-12)11(15)14(2)10-8-13-9-10/h10,13H,3-9H2,1-2H3. The quantitative estimate of drug-likeness (QED) is 0.763. The van der Waals surface area contributed by atoms with Crippen LogP contribution in [0.1, 0.15) is 39.0 Å². The molecule has 3 heteroatoms. The van der Waals surface area contributed by atoms with Crippen LogP contribution >= 0.6 is 0 Å². The SMILES string of the molecule is CCC1(C(=O)N(C)C2CNC2)CCCC1. The van der Waals surface area contributed by atoms with E-state index in [4.69, 9.17) is 0 Å². The van der Waals surface area contributed by atoms with Crippen LogP contribution in [-0.2, 0) is 4.79 Å². The van der Waals surface area contributed by atoms with Crippen molar-refractivity contribution in [2.45, 2.75) is 45.1 Å². The molecule has 0 aromatic carbocycles. The van der Waals surface area contributed by atoms with E-state index in [0.29, 0.717) is 11.9 Å². The first-order chi connectivity index (χ1) is 7.19. The topological polar surface area (TPSA) is 32.3 Å².